The number of nitrogens with one attached hydrogen (secondary N) is 1. The summed E-state index contributed by atoms with van der Waals surface area (Å²) in [5.41, 5.74) is 4.51. The SMILES string of the molecule is Cc1ccc(C(=O)NCc2cn(-c3ccsc3)nn2)c(C)c1. The minimum absolute atomic E-state index is 0.0948. The van der Waals surface area contributed by atoms with Crippen LogP contribution in [-0.4, -0.2) is 20.9 Å². The van der Waals surface area contributed by atoms with Crippen molar-refractivity contribution in [1.82, 2.24) is 20.3 Å². The van der Waals surface area contributed by atoms with Gasteiger partial charge in [0.25, 0.3) is 5.91 Å². The molecule has 3 rings (SSSR count). The fraction of sp³-hybridized carbons (Fsp3) is 0.188. The fourth-order valence-electron chi connectivity index (χ4n) is 2.23. The number of hydrogen-bond donors (Lipinski definition) is 1. The van der Waals surface area contributed by atoms with Gasteiger partial charge in [-0.3, -0.25) is 4.79 Å². The van der Waals surface area contributed by atoms with Crippen LogP contribution in [0.3, 0.4) is 0 Å². The maximum atomic E-state index is 12.2. The number of carbonyl (C=O) groups is 1. The molecule has 0 aliphatic heterocycles. The van der Waals surface area contributed by atoms with Gasteiger partial charge < -0.3 is 5.32 Å². The zero-order chi connectivity index (χ0) is 15.5. The summed E-state index contributed by atoms with van der Waals surface area (Å²) in [4.78, 5) is 12.2. The number of nitrogens with zero attached hydrogens (tertiary/aromatic N) is 3. The van der Waals surface area contributed by atoms with Crippen LogP contribution in [-0.2, 0) is 6.54 Å². The van der Waals surface area contributed by atoms with Gasteiger partial charge in [0.1, 0.15) is 5.69 Å². The van der Waals surface area contributed by atoms with E-state index in [1.165, 1.54) is 0 Å². The summed E-state index contributed by atoms with van der Waals surface area (Å²) >= 11 is 1.60. The lowest BCUT2D eigenvalue weighted by Gasteiger charge is -2.07. The molecule has 0 atom stereocenters. The Morgan fingerprint density at radius 2 is 2.18 bits per heavy atom. The van der Waals surface area contributed by atoms with E-state index in [-0.39, 0.29) is 5.91 Å². The van der Waals surface area contributed by atoms with Crippen LogP contribution in [0.15, 0.2) is 41.2 Å². The highest BCUT2D eigenvalue weighted by Gasteiger charge is 2.10. The van der Waals surface area contributed by atoms with Gasteiger partial charge in [0.2, 0.25) is 0 Å². The van der Waals surface area contributed by atoms with Crippen LogP contribution in [0.5, 0.6) is 0 Å². The zero-order valence-corrected chi connectivity index (χ0v) is 13.2. The van der Waals surface area contributed by atoms with Crippen molar-refractivity contribution in [3.63, 3.8) is 0 Å². The smallest absolute Gasteiger partial charge is 0.251 e. The van der Waals surface area contributed by atoms with E-state index in [0.29, 0.717) is 12.1 Å². The molecule has 2 heterocycles. The molecule has 0 bridgehead atoms. The number of rotatable bonds is 4. The monoisotopic (exact) mass is 312 g/mol. The second kappa shape index (κ2) is 6.11. The Balaban J connectivity index is 1.66. The van der Waals surface area contributed by atoms with E-state index < -0.39 is 0 Å². The Morgan fingerprint density at radius 1 is 1.32 bits per heavy atom. The molecule has 112 valence electrons. The lowest BCUT2D eigenvalue weighted by molar-refractivity contribution is 0.0950. The van der Waals surface area contributed by atoms with Gasteiger partial charge in [-0.1, -0.05) is 22.9 Å². The standard InChI is InChI=1S/C16H16N4OS/c1-11-3-4-15(12(2)7-11)16(21)17-8-13-9-20(19-18-13)14-5-6-22-10-14/h3-7,9-10H,8H2,1-2H3,(H,17,21). The average Bonchev–Trinajstić information content (AvgIpc) is 3.16. The first kappa shape index (κ1) is 14.5. The highest BCUT2D eigenvalue weighted by atomic mass is 32.1. The van der Waals surface area contributed by atoms with Crippen molar-refractivity contribution in [1.29, 1.82) is 0 Å². The van der Waals surface area contributed by atoms with Crippen LogP contribution < -0.4 is 5.32 Å². The Bertz CT molecular complexity index is 792. The first-order valence-corrected chi connectivity index (χ1v) is 7.87. The molecule has 3 aromatic rings. The van der Waals surface area contributed by atoms with Gasteiger partial charge in [0, 0.05) is 10.9 Å². The van der Waals surface area contributed by atoms with Gasteiger partial charge in [0.05, 0.1) is 18.4 Å². The number of carbonyl (C=O) groups excluding carboxylic acids is 1. The van der Waals surface area contributed by atoms with Gasteiger partial charge >= 0.3 is 0 Å². The third kappa shape index (κ3) is 3.07. The van der Waals surface area contributed by atoms with E-state index in [2.05, 4.69) is 15.6 Å². The van der Waals surface area contributed by atoms with Crippen molar-refractivity contribution in [2.45, 2.75) is 20.4 Å². The van der Waals surface area contributed by atoms with Gasteiger partial charge in [-0.25, -0.2) is 4.68 Å². The molecule has 0 aliphatic carbocycles. The molecule has 0 radical (unpaired) electrons. The van der Waals surface area contributed by atoms with Crippen LogP contribution in [0.25, 0.3) is 5.69 Å². The summed E-state index contributed by atoms with van der Waals surface area (Å²) in [6.45, 7) is 4.31. The largest absolute Gasteiger partial charge is 0.346 e. The van der Waals surface area contributed by atoms with E-state index in [4.69, 9.17) is 0 Å². The molecule has 0 spiro atoms. The summed E-state index contributed by atoms with van der Waals surface area (Å²) in [6.07, 6.45) is 1.82. The Morgan fingerprint density at radius 3 is 2.91 bits per heavy atom. The lowest BCUT2D eigenvalue weighted by Crippen LogP contribution is -2.23. The van der Waals surface area contributed by atoms with Crippen molar-refractivity contribution in [3.8, 4) is 5.69 Å². The number of benzene rings is 1. The van der Waals surface area contributed by atoms with Gasteiger partial charge in [0.15, 0.2) is 0 Å². The highest BCUT2D eigenvalue weighted by molar-refractivity contribution is 7.08. The number of thiophene rings is 1. The van der Waals surface area contributed by atoms with Crippen molar-refractivity contribution >= 4 is 17.2 Å². The molecule has 22 heavy (non-hydrogen) atoms. The predicted molar refractivity (Wildman–Crippen MR) is 86.3 cm³/mol. The molecular weight excluding hydrogens is 296 g/mol. The lowest BCUT2D eigenvalue weighted by atomic mass is 10.1. The van der Waals surface area contributed by atoms with Crippen molar-refractivity contribution in [2.24, 2.45) is 0 Å². The van der Waals surface area contributed by atoms with Crippen LogP contribution in [0.4, 0.5) is 0 Å². The molecule has 1 amide bonds. The minimum Gasteiger partial charge on any atom is -0.346 e. The van der Waals surface area contributed by atoms with E-state index in [0.717, 1.165) is 22.5 Å². The maximum Gasteiger partial charge on any atom is 0.251 e. The highest BCUT2D eigenvalue weighted by Crippen LogP contribution is 2.12. The Kier molecular flexibility index (Phi) is 4.02. The summed E-state index contributed by atoms with van der Waals surface area (Å²) in [7, 11) is 0. The van der Waals surface area contributed by atoms with Gasteiger partial charge in [-0.05, 0) is 36.9 Å². The number of aryl methyl sites for hydroxylation is 2. The quantitative estimate of drug-likeness (QED) is 0.806. The third-order valence-electron chi connectivity index (χ3n) is 3.37. The molecule has 0 fully saturated rings. The molecule has 2 aromatic heterocycles. The zero-order valence-electron chi connectivity index (χ0n) is 12.4. The van der Waals surface area contributed by atoms with Crippen LogP contribution in [0.1, 0.15) is 27.2 Å². The van der Waals surface area contributed by atoms with Crippen molar-refractivity contribution in [3.05, 3.63) is 63.6 Å². The molecule has 5 nitrogen and oxygen atoms in total. The second-order valence-electron chi connectivity index (χ2n) is 5.14. The predicted octanol–water partition coefficient (Wildman–Crippen LogP) is 2.88. The first-order valence-electron chi connectivity index (χ1n) is 6.93. The van der Waals surface area contributed by atoms with Crippen molar-refractivity contribution < 1.29 is 4.79 Å². The third-order valence-corrected chi connectivity index (χ3v) is 4.04. The molecule has 0 saturated carbocycles. The Labute approximate surface area is 132 Å². The first-order chi connectivity index (χ1) is 10.6. The normalized spacial score (nSPS) is 10.6. The van der Waals surface area contributed by atoms with Gasteiger partial charge in [-0.15, -0.1) is 5.10 Å². The summed E-state index contributed by atoms with van der Waals surface area (Å²) in [6, 6.07) is 7.76. The van der Waals surface area contributed by atoms with E-state index in [1.54, 1.807) is 16.0 Å². The summed E-state index contributed by atoms with van der Waals surface area (Å²) < 4.78 is 1.70. The van der Waals surface area contributed by atoms with E-state index >= 15 is 0 Å². The minimum atomic E-state index is -0.0948. The summed E-state index contributed by atoms with van der Waals surface area (Å²) in [5, 5.41) is 15.0. The molecule has 0 aliphatic rings. The Hall–Kier alpha value is -2.47. The topological polar surface area (TPSA) is 59.8 Å². The molecular formula is C16H16N4OS. The molecule has 0 unspecified atom stereocenters. The van der Waals surface area contributed by atoms with Crippen LogP contribution >= 0.6 is 11.3 Å². The molecule has 1 aromatic carbocycles. The number of amides is 1. The molecule has 1 N–H and O–H groups in total. The van der Waals surface area contributed by atoms with Crippen molar-refractivity contribution in [2.75, 3.05) is 0 Å². The molecule has 0 saturated heterocycles. The number of hydrogen-bond acceptors (Lipinski definition) is 4. The van der Waals surface area contributed by atoms with E-state index in [9.17, 15) is 4.79 Å². The fourth-order valence-corrected chi connectivity index (χ4v) is 2.85. The summed E-state index contributed by atoms with van der Waals surface area (Å²) in [5.74, 6) is -0.0948. The van der Waals surface area contributed by atoms with Gasteiger partial charge in [-0.2, -0.15) is 11.3 Å². The van der Waals surface area contributed by atoms with Crippen LogP contribution in [0, 0.1) is 13.8 Å². The molecule has 6 heteroatoms. The van der Waals surface area contributed by atoms with E-state index in [1.807, 2.05) is 55.1 Å². The second-order valence-corrected chi connectivity index (χ2v) is 5.92. The number of aromatic nitrogens is 3. The maximum absolute atomic E-state index is 12.2. The van der Waals surface area contributed by atoms with Crippen LogP contribution in [0.2, 0.25) is 0 Å². The average molecular weight is 312 g/mol.